The van der Waals surface area contributed by atoms with Crippen molar-refractivity contribution in [2.24, 2.45) is 23.2 Å². The van der Waals surface area contributed by atoms with Gasteiger partial charge in [0.2, 0.25) is 23.5 Å². The molecule has 4 N–H and O–H groups in total. The van der Waals surface area contributed by atoms with Crippen LogP contribution in [0.2, 0.25) is 0 Å². The SMILES string of the molecule is CCC[C@H](NC(=O)[C@H]1[C@@H]2CCC[C@H]2CN1C(=O)[C@@H](NC(=O)[C@@H](NC(=O)c1cnccn1)C1CCCCC1)C(C)(C)C)C(=O)C(=O)NC1CC1. The van der Waals surface area contributed by atoms with Crippen LogP contribution in [-0.2, 0) is 24.0 Å². The molecule has 4 fully saturated rings. The number of fused-ring (bicyclic) bond motifs is 1. The summed E-state index contributed by atoms with van der Waals surface area (Å²) in [6, 6.07) is -3.68. The molecular weight excluding hydrogens is 626 g/mol. The zero-order chi connectivity index (χ0) is 35.3. The Balaban J connectivity index is 1.36. The highest BCUT2D eigenvalue weighted by Crippen LogP contribution is 2.43. The van der Waals surface area contributed by atoms with Crippen molar-refractivity contribution in [3.05, 3.63) is 24.3 Å². The second kappa shape index (κ2) is 15.8. The van der Waals surface area contributed by atoms with E-state index < -0.39 is 59.0 Å². The lowest BCUT2D eigenvalue weighted by atomic mass is 9.82. The molecule has 1 saturated heterocycles. The summed E-state index contributed by atoms with van der Waals surface area (Å²) in [6.45, 7) is 7.85. The number of carbonyl (C=O) groups excluding carboxylic acids is 6. The van der Waals surface area contributed by atoms with Crippen molar-refractivity contribution in [3.8, 4) is 0 Å². The van der Waals surface area contributed by atoms with Gasteiger partial charge in [-0.2, -0.15) is 0 Å². The fourth-order valence-electron chi connectivity index (χ4n) is 7.87. The van der Waals surface area contributed by atoms with Crippen LogP contribution in [0.15, 0.2) is 18.6 Å². The van der Waals surface area contributed by atoms with Crippen LogP contribution in [0, 0.1) is 23.2 Å². The van der Waals surface area contributed by atoms with Gasteiger partial charge >= 0.3 is 0 Å². The topological polar surface area (TPSA) is 180 Å². The van der Waals surface area contributed by atoms with Crippen LogP contribution >= 0.6 is 0 Å². The van der Waals surface area contributed by atoms with Gasteiger partial charge in [0.1, 0.15) is 23.8 Å². The summed E-state index contributed by atoms with van der Waals surface area (Å²) in [4.78, 5) is 91.4. The van der Waals surface area contributed by atoms with Gasteiger partial charge in [-0.25, -0.2) is 4.98 Å². The molecule has 0 radical (unpaired) electrons. The zero-order valence-corrected chi connectivity index (χ0v) is 29.3. The molecule has 3 aliphatic carbocycles. The molecule has 0 unspecified atom stereocenters. The van der Waals surface area contributed by atoms with E-state index in [0.717, 1.165) is 64.2 Å². The van der Waals surface area contributed by atoms with Gasteiger partial charge in [0.25, 0.3) is 11.8 Å². The fraction of sp³-hybridized carbons (Fsp3) is 0.722. The maximum Gasteiger partial charge on any atom is 0.289 e. The van der Waals surface area contributed by atoms with E-state index in [2.05, 4.69) is 31.2 Å². The van der Waals surface area contributed by atoms with Crippen LogP contribution in [0.3, 0.4) is 0 Å². The summed E-state index contributed by atoms with van der Waals surface area (Å²) in [6.07, 6.45) is 13.9. The number of aromatic nitrogens is 2. The number of hydrogen-bond donors (Lipinski definition) is 4. The van der Waals surface area contributed by atoms with Gasteiger partial charge in [0.05, 0.1) is 12.2 Å². The van der Waals surface area contributed by atoms with Gasteiger partial charge in [-0.3, -0.25) is 33.8 Å². The van der Waals surface area contributed by atoms with E-state index >= 15 is 0 Å². The summed E-state index contributed by atoms with van der Waals surface area (Å²) in [7, 11) is 0. The lowest BCUT2D eigenvalue weighted by molar-refractivity contribution is -0.146. The third-order valence-corrected chi connectivity index (χ3v) is 10.7. The predicted molar refractivity (Wildman–Crippen MR) is 181 cm³/mol. The molecule has 13 nitrogen and oxygen atoms in total. The molecule has 0 aromatic carbocycles. The maximum absolute atomic E-state index is 14.6. The monoisotopic (exact) mass is 679 g/mol. The van der Waals surface area contributed by atoms with Gasteiger partial charge in [0, 0.05) is 25.0 Å². The molecule has 268 valence electrons. The van der Waals surface area contributed by atoms with E-state index in [4.69, 9.17) is 0 Å². The van der Waals surface area contributed by atoms with Crippen LogP contribution < -0.4 is 21.3 Å². The summed E-state index contributed by atoms with van der Waals surface area (Å²) in [5.41, 5.74) is -0.638. The minimum atomic E-state index is -0.994. The Labute approximate surface area is 288 Å². The van der Waals surface area contributed by atoms with Gasteiger partial charge in [-0.05, 0) is 68.1 Å². The molecule has 1 aromatic heterocycles. The molecule has 5 rings (SSSR count). The van der Waals surface area contributed by atoms with Crippen LogP contribution in [0.1, 0.15) is 115 Å². The molecule has 5 amide bonds. The summed E-state index contributed by atoms with van der Waals surface area (Å²) in [5, 5.41) is 11.5. The van der Waals surface area contributed by atoms with E-state index in [1.54, 1.807) is 4.90 Å². The molecule has 49 heavy (non-hydrogen) atoms. The minimum Gasteiger partial charge on any atom is -0.347 e. The molecule has 6 atom stereocenters. The smallest absolute Gasteiger partial charge is 0.289 e. The lowest BCUT2D eigenvalue weighted by Crippen LogP contribution is -2.62. The molecule has 3 saturated carbocycles. The zero-order valence-electron chi connectivity index (χ0n) is 29.3. The van der Waals surface area contributed by atoms with Gasteiger partial charge < -0.3 is 26.2 Å². The molecule has 0 bridgehead atoms. The number of rotatable bonds is 13. The van der Waals surface area contributed by atoms with Crippen LogP contribution in [0.5, 0.6) is 0 Å². The van der Waals surface area contributed by atoms with Crippen LogP contribution in [-0.4, -0.2) is 86.9 Å². The quantitative estimate of drug-likeness (QED) is 0.230. The number of Topliss-reactive ketones (excluding diaryl/α,β-unsaturated/α-hetero) is 1. The number of nitrogens with one attached hydrogen (secondary N) is 4. The Morgan fingerprint density at radius 2 is 1.63 bits per heavy atom. The van der Waals surface area contributed by atoms with E-state index in [-0.39, 0.29) is 35.4 Å². The fourth-order valence-corrected chi connectivity index (χ4v) is 7.87. The Morgan fingerprint density at radius 1 is 0.898 bits per heavy atom. The number of nitrogens with zero attached hydrogens (tertiary/aromatic N) is 3. The minimum absolute atomic E-state index is 0.0132. The predicted octanol–water partition coefficient (Wildman–Crippen LogP) is 2.45. The highest BCUT2D eigenvalue weighted by atomic mass is 16.2. The highest BCUT2D eigenvalue weighted by Gasteiger charge is 2.52. The van der Waals surface area contributed by atoms with E-state index in [1.165, 1.54) is 18.6 Å². The maximum atomic E-state index is 14.6. The third kappa shape index (κ3) is 8.83. The highest BCUT2D eigenvalue weighted by molar-refractivity contribution is 6.38. The number of likely N-dealkylation sites (tertiary alicyclic amines) is 1. The Kier molecular flexibility index (Phi) is 11.7. The summed E-state index contributed by atoms with van der Waals surface area (Å²) in [5.74, 6) is -3.20. The van der Waals surface area contributed by atoms with E-state index in [9.17, 15) is 28.8 Å². The Hall–Kier alpha value is -3.90. The average Bonchev–Trinajstić information content (AvgIpc) is 3.65. The first-order valence-corrected chi connectivity index (χ1v) is 18.2. The third-order valence-electron chi connectivity index (χ3n) is 10.7. The largest absolute Gasteiger partial charge is 0.347 e. The molecule has 13 heteroatoms. The number of amides is 5. The first-order valence-electron chi connectivity index (χ1n) is 18.2. The standard InChI is InChI=1S/C36H53N7O6/c1-5-10-25(29(44)34(48)39-23-15-16-23)40-33(47)28-24-14-9-13-22(24)20-43(28)35(49)30(36(2,3)4)42-32(46)27(21-11-7-6-8-12-21)41-31(45)26-19-37-17-18-38-26/h17-19,21-25,27-28,30H,5-16,20H2,1-4H3,(H,39,48)(H,40,47)(H,41,45)(H,42,46)/t22-,24+,25-,27-,28+,30+/m0/s1. The van der Waals surface area contributed by atoms with Crippen molar-refractivity contribution >= 4 is 35.3 Å². The van der Waals surface area contributed by atoms with Crippen LogP contribution in [0.4, 0.5) is 0 Å². The second-order valence-electron chi connectivity index (χ2n) is 15.5. The molecule has 4 aliphatic rings. The van der Waals surface area contributed by atoms with Crippen molar-refractivity contribution in [1.82, 2.24) is 36.1 Å². The molecular formula is C36H53N7O6. The van der Waals surface area contributed by atoms with E-state index in [1.807, 2.05) is 27.7 Å². The van der Waals surface area contributed by atoms with Crippen molar-refractivity contribution in [3.63, 3.8) is 0 Å². The Morgan fingerprint density at radius 3 is 2.27 bits per heavy atom. The van der Waals surface area contributed by atoms with Crippen molar-refractivity contribution in [2.45, 2.75) is 135 Å². The number of carbonyl (C=O) groups is 6. The average molecular weight is 680 g/mol. The van der Waals surface area contributed by atoms with Crippen molar-refractivity contribution < 1.29 is 28.8 Å². The van der Waals surface area contributed by atoms with E-state index in [0.29, 0.717) is 19.4 Å². The second-order valence-corrected chi connectivity index (χ2v) is 15.5. The van der Waals surface area contributed by atoms with Gasteiger partial charge in [-0.1, -0.05) is 59.8 Å². The summed E-state index contributed by atoms with van der Waals surface area (Å²) >= 11 is 0. The molecule has 0 spiro atoms. The number of hydrogen-bond acceptors (Lipinski definition) is 8. The van der Waals surface area contributed by atoms with Gasteiger partial charge in [-0.15, -0.1) is 0 Å². The molecule has 1 aliphatic heterocycles. The van der Waals surface area contributed by atoms with Crippen LogP contribution in [0.25, 0.3) is 0 Å². The molecule has 2 heterocycles. The number of ketones is 1. The normalized spacial score (nSPS) is 24.2. The summed E-state index contributed by atoms with van der Waals surface area (Å²) < 4.78 is 0. The Bertz CT molecular complexity index is 1390. The first-order chi connectivity index (χ1) is 23.4. The lowest BCUT2D eigenvalue weighted by Gasteiger charge is -2.38. The molecule has 1 aromatic rings. The van der Waals surface area contributed by atoms with Crippen molar-refractivity contribution in [2.75, 3.05) is 6.54 Å². The van der Waals surface area contributed by atoms with Crippen molar-refractivity contribution in [1.29, 1.82) is 0 Å². The first kappa shape index (κ1) is 36.4. The van der Waals surface area contributed by atoms with Gasteiger partial charge in [0.15, 0.2) is 0 Å².